The molecule has 0 fully saturated rings. The maximum Gasteiger partial charge on any atom is 0.261 e. The number of amides is 1. The highest BCUT2D eigenvalue weighted by Crippen LogP contribution is 2.30. The SMILES string of the molecule is Cc1noc(C)c1C(=O)Nc1ccc(Br)c2ccccc12. The molecule has 0 spiro atoms. The smallest absolute Gasteiger partial charge is 0.261 e. The summed E-state index contributed by atoms with van der Waals surface area (Å²) < 4.78 is 6.04. The fourth-order valence-electron chi connectivity index (χ4n) is 2.36. The van der Waals surface area contributed by atoms with Gasteiger partial charge in [0.2, 0.25) is 0 Å². The molecular formula is C16H13BrN2O2. The van der Waals surface area contributed by atoms with Crippen LogP contribution in [0.4, 0.5) is 5.69 Å². The highest BCUT2D eigenvalue weighted by molar-refractivity contribution is 9.10. The largest absolute Gasteiger partial charge is 0.361 e. The van der Waals surface area contributed by atoms with E-state index in [1.54, 1.807) is 13.8 Å². The lowest BCUT2D eigenvalue weighted by Crippen LogP contribution is -2.13. The van der Waals surface area contributed by atoms with E-state index >= 15 is 0 Å². The Kier molecular flexibility index (Phi) is 3.51. The van der Waals surface area contributed by atoms with Crippen LogP contribution in [0.1, 0.15) is 21.8 Å². The molecular weight excluding hydrogens is 332 g/mol. The minimum Gasteiger partial charge on any atom is -0.361 e. The molecule has 1 aromatic heterocycles. The number of hydrogen-bond acceptors (Lipinski definition) is 3. The van der Waals surface area contributed by atoms with Crippen molar-refractivity contribution in [1.29, 1.82) is 0 Å². The average Bonchev–Trinajstić information content (AvgIpc) is 2.81. The first-order valence-electron chi connectivity index (χ1n) is 6.49. The Bertz CT molecular complexity index is 820. The molecule has 1 N–H and O–H groups in total. The molecule has 3 rings (SSSR count). The van der Waals surface area contributed by atoms with Gasteiger partial charge in [-0.3, -0.25) is 4.79 Å². The Morgan fingerprint density at radius 2 is 1.86 bits per heavy atom. The van der Waals surface area contributed by atoms with Gasteiger partial charge < -0.3 is 9.84 Å². The summed E-state index contributed by atoms with van der Waals surface area (Å²) in [5.41, 5.74) is 1.84. The van der Waals surface area contributed by atoms with Gasteiger partial charge in [0.25, 0.3) is 5.91 Å². The molecule has 1 amide bonds. The monoisotopic (exact) mass is 344 g/mol. The van der Waals surface area contributed by atoms with E-state index in [2.05, 4.69) is 26.4 Å². The van der Waals surface area contributed by atoms with Gasteiger partial charge in [-0.05, 0) is 31.4 Å². The zero-order valence-corrected chi connectivity index (χ0v) is 13.2. The van der Waals surface area contributed by atoms with Crippen LogP contribution in [0.2, 0.25) is 0 Å². The summed E-state index contributed by atoms with van der Waals surface area (Å²) in [5, 5.41) is 8.78. The van der Waals surface area contributed by atoms with E-state index in [9.17, 15) is 4.79 Å². The molecule has 0 aliphatic heterocycles. The van der Waals surface area contributed by atoms with E-state index in [-0.39, 0.29) is 5.91 Å². The number of rotatable bonds is 2. The predicted octanol–water partition coefficient (Wildman–Crippen LogP) is 4.46. The third-order valence-electron chi connectivity index (χ3n) is 3.38. The number of carbonyl (C=O) groups is 1. The summed E-state index contributed by atoms with van der Waals surface area (Å²) in [5.74, 6) is 0.310. The van der Waals surface area contributed by atoms with Crippen molar-refractivity contribution in [2.75, 3.05) is 5.32 Å². The highest BCUT2D eigenvalue weighted by atomic mass is 79.9. The molecule has 0 bridgehead atoms. The quantitative estimate of drug-likeness (QED) is 0.746. The van der Waals surface area contributed by atoms with Gasteiger partial charge in [0.1, 0.15) is 11.3 Å². The van der Waals surface area contributed by atoms with Crippen LogP contribution in [0.25, 0.3) is 10.8 Å². The molecule has 106 valence electrons. The van der Waals surface area contributed by atoms with E-state index in [1.807, 2.05) is 36.4 Å². The molecule has 0 saturated heterocycles. The van der Waals surface area contributed by atoms with Gasteiger partial charge in [0, 0.05) is 15.5 Å². The van der Waals surface area contributed by atoms with E-state index in [1.165, 1.54) is 0 Å². The van der Waals surface area contributed by atoms with E-state index in [4.69, 9.17) is 4.52 Å². The van der Waals surface area contributed by atoms with Gasteiger partial charge in [-0.15, -0.1) is 0 Å². The lowest BCUT2D eigenvalue weighted by Gasteiger charge is -2.09. The van der Waals surface area contributed by atoms with E-state index in [0.29, 0.717) is 17.0 Å². The summed E-state index contributed by atoms with van der Waals surface area (Å²) in [6.07, 6.45) is 0. The summed E-state index contributed by atoms with van der Waals surface area (Å²) in [6, 6.07) is 11.7. The molecule has 0 unspecified atom stereocenters. The van der Waals surface area contributed by atoms with Crippen molar-refractivity contribution in [1.82, 2.24) is 5.16 Å². The number of benzene rings is 2. The van der Waals surface area contributed by atoms with Crippen molar-refractivity contribution in [2.24, 2.45) is 0 Å². The normalized spacial score (nSPS) is 10.8. The maximum atomic E-state index is 12.4. The minimum atomic E-state index is -0.210. The Morgan fingerprint density at radius 3 is 2.52 bits per heavy atom. The van der Waals surface area contributed by atoms with Crippen LogP contribution in [0.3, 0.4) is 0 Å². The number of carbonyl (C=O) groups excluding carboxylic acids is 1. The van der Waals surface area contributed by atoms with Crippen LogP contribution < -0.4 is 5.32 Å². The molecule has 0 aliphatic carbocycles. The van der Waals surface area contributed by atoms with Crippen LogP contribution in [0.5, 0.6) is 0 Å². The number of fused-ring (bicyclic) bond motifs is 1. The number of halogens is 1. The summed E-state index contributed by atoms with van der Waals surface area (Å²) in [7, 11) is 0. The summed E-state index contributed by atoms with van der Waals surface area (Å²) in [6.45, 7) is 3.49. The summed E-state index contributed by atoms with van der Waals surface area (Å²) >= 11 is 3.52. The number of aromatic nitrogens is 1. The van der Waals surface area contributed by atoms with Crippen molar-refractivity contribution in [3.05, 3.63) is 57.9 Å². The van der Waals surface area contributed by atoms with Crippen LogP contribution in [0.15, 0.2) is 45.4 Å². The second-order valence-corrected chi connectivity index (χ2v) is 5.65. The maximum absolute atomic E-state index is 12.4. The standard InChI is InChI=1S/C16H13BrN2O2/c1-9-15(10(2)21-19-9)16(20)18-14-8-7-13(17)11-5-3-4-6-12(11)14/h3-8H,1-2H3,(H,18,20). The number of anilines is 1. The number of nitrogens with zero attached hydrogens (tertiary/aromatic N) is 1. The molecule has 1 heterocycles. The Labute approximate surface area is 130 Å². The molecule has 4 nitrogen and oxygen atoms in total. The zero-order valence-electron chi connectivity index (χ0n) is 11.6. The van der Waals surface area contributed by atoms with Gasteiger partial charge in [-0.1, -0.05) is 45.4 Å². The Hall–Kier alpha value is -2.14. The van der Waals surface area contributed by atoms with Gasteiger partial charge >= 0.3 is 0 Å². The van der Waals surface area contributed by atoms with Crippen molar-refractivity contribution in [3.8, 4) is 0 Å². The third kappa shape index (κ3) is 2.45. The van der Waals surface area contributed by atoms with E-state index < -0.39 is 0 Å². The zero-order chi connectivity index (χ0) is 15.0. The fraction of sp³-hybridized carbons (Fsp3) is 0.125. The van der Waals surface area contributed by atoms with Crippen LogP contribution in [-0.4, -0.2) is 11.1 Å². The minimum absolute atomic E-state index is 0.210. The molecule has 0 saturated carbocycles. The first-order chi connectivity index (χ1) is 10.1. The molecule has 0 radical (unpaired) electrons. The van der Waals surface area contributed by atoms with Crippen molar-refractivity contribution in [2.45, 2.75) is 13.8 Å². The van der Waals surface area contributed by atoms with Crippen molar-refractivity contribution >= 4 is 38.3 Å². The Balaban J connectivity index is 2.03. The number of nitrogens with one attached hydrogen (secondary N) is 1. The first-order valence-corrected chi connectivity index (χ1v) is 7.28. The van der Waals surface area contributed by atoms with Gasteiger partial charge in [0.15, 0.2) is 0 Å². The Morgan fingerprint density at radius 1 is 1.14 bits per heavy atom. The van der Waals surface area contributed by atoms with Gasteiger partial charge in [-0.25, -0.2) is 0 Å². The second-order valence-electron chi connectivity index (χ2n) is 4.79. The fourth-order valence-corrected chi connectivity index (χ4v) is 2.84. The van der Waals surface area contributed by atoms with Crippen LogP contribution >= 0.6 is 15.9 Å². The first kappa shape index (κ1) is 13.8. The average molecular weight is 345 g/mol. The van der Waals surface area contributed by atoms with Crippen molar-refractivity contribution in [3.63, 3.8) is 0 Å². The predicted molar refractivity (Wildman–Crippen MR) is 85.6 cm³/mol. The van der Waals surface area contributed by atoms with Crippen molar-refractivity contribution < 1.29 is 9.32 Å². The summed E-state index contributed by atoms with van der Waals surface area (Å²) in [4.78, 5) is 12.4. The third-order valence-corrected chi connectivity index (χ3v) is 4.07. The molecule has 0 atom stereocenters. The second kappa shape index (κ2) is 5.33. The van der Waals surface area contributed by atoms with Gasteiger partial charge in [-0.2, -0.15) is 0 Å². The molecule has 3 aromatic rings. The molecule has 2 aromatic carbocycles. The van der Waals surface area contributed by atoms with Crippen LogP contribution in [0, 0.1) is 13.8 Å². The number of aryl methyl sites for hydroxylation is 2. The highest BCUT2D eigenvalue weighted by Gasteiger charge is 2.18. The number of hydrogen-bond donors (Lipinski definition) is 1. The molecule has 5 heteroatoms. The molecule has 0 aliphatic rings. The lowest BCUT2D eigenvalue weighted by atomic mass is 10.1. The van der Waals surface area contributed by atoms with Gasteiger partial charge in [0.05, 0.1) is 5.69 Å². The topological polar surface area (TPSA) is 55.1 Å². The van der Waals surface area contributed by atoms with Crippen LogP contribution in [-0.2, 0) is 0 Å². The lowest BCUT2D eigenvalue weighted by molar-refractivity contribution is 0.102. The molecule has 21 heavy (non-hydrogen) atoms. The van der Waals surface area contributed by atoms with E-state index in [0.717, 1.165) is 20.9 Å².